The van der Waals surface area contributed by atoms with Crippen LogP contribution in [-0.2, 0) is 6.54 Å². The van der Waals surface area contributed by atoms with E-state index in [1.54, 1.807) is 36.1 Å². The molecule has 0 saturated heterocycles. The summed E-state index contributed by atoms with van der Waals surface area (Å²) in [6.07, 6.45) is 5.64. The Bertz CT molecular complexity index is 669. The molecule has 0 radical (unpaired) electrons. The summed E-state index contributed by atoms with van der Waals surface area (Å²) in [4.78, 5) is 8.28. The molecule has 7 heteroatoms. The zero-order valence-electron chi connectivity index (χ0n) is 14.3. The van der Waals surface area contributed by atoms with Crippen LogP contribution in [0, 0.1) is 12.7 Å². The number of aromatic nitrogens is 2. The van der Waals surface area contributed by atoms with Crippen LogP contribution in [0.25, 0.3) is 5.69 Å². The van der Waals surface area contributed by atoms with Crippen molar-refractivity contribution in [3.63, 3.8) is 0 Å². The highest BCUT2D eigenvalue weighted by Gasteiger charge is 2.08. The summed E-state index contributed by atoms with van der Waals surface area (Å²) in [6, 6.07) is 5.22. The molecule has 0 aliphatic heterocycles. The van der Waals surface area contributed by atoms with Crippen LogP contribution in [-0.4, -0.2) is 29.1 Å². The first-order chi connectivity index (χ1) is 11.2. The van der Waals surface area contributed by atoms with Crippen molar-refractivity contribution in [2.45, 2.75) is 33.2 Å². The van der Waals surface area contributed by atoms with E-state index in [1.165, 1.54) is 0 Å². The molecule has 0 amide bonds. The number of nitrogens with zero attached hydrogens (tertiary/aromatic N) is 3. The molecule has 0 unspecified atom stereocenters. The first-order valence-electron chi connectivity index (χ1n) is 7.89. The van der Waals surface area contributed by atoms with Crippen LogP contribution >= 0.6 is 24.0 Å². The van der Waals surface area contributed by atoms with Crippen LogP contribution in [0.5, 0.6) is 0 Å². The lowest BCUT2D eigenvalue weighted by Crippen LogP contribution is -2.37. The fourth-order valence-electron chi connectivity index (χ4n) is 2.28. The Balaban J connectivity index is 0.00000288. The monoisotopic (exact) mass is 445 g/mol. The van der Waals surface area contributed by atoms with Crippen molar-refractivity contribution in [2.24, 2.45) is 4.99 Å². The van der Waals surface area contributed by atoms with E-state index in [0.29, 0.717) is 12.2 Å². The van der Waals surface area contributed by atoms with Gasteiger partial charge in [0, 0.05) is 32.5 Å². The summed E-state index contributed by atoms with van der Waals surface area (Å²) in [5.74, 6) is 1.23. The number of rotatable bonds is 6. The summed E-state index contributed by atoms with van der Waals surface area (Å²) < 4.78 is 16.1. The predicted molar refractivity (Wildman–Crippen MR) is 107 cm³/mol. The van der Waals surface area contributed by atoms with Crippen molar-refractivity contribution < 1.29 is 4.39 Å². The van der Waals surface area contributed by atoms with Gasteiger partial charge in [0.25, 0.3) is 0 Å². The normalized spacial score (nSPS) is 11.1. The average Bonchev–Trinajstić information content (AvgIpc) is 2.97. The van der Waals surface area contributed by atoms with Gasteiger partial charge in [0.15, 0.2) is 5.96 Å². The Morgan fingerprint density at radius 2 is 2.12 bits per heavy atom. The summed E-state index contributed by atoms with van der Waals surface area (Å²) in [6.45, 7) is 5.39. The lowest BCUT2D eigenvalue weighted by Gasteiger charge is -2.13. The first kappa shape index (κ1) is 20.4. The summed E-state index contributed by atoms with van der Waals surface area (Å²) >= 11 is 0. The molecule has 0 saturated carbocycles. The van der Waals surface area contributed by atoms with E-state index in [9.17, 15) is 4.39 Å². The Labute approximate surface area is 159 Å². The van der Waals surface area contributed by atoms with Gasteiger partial charge in [0.2, 0.25) is 0 Å². The van der Waals surface area contributed by atoms with Gasteiger partial charge in [-0.05, 0) is 31.0 Å². The van der Waals surface area contributed by atoms with Gasteiger partial charge in [-0.25, -0.2) is 9.37 Å². The second-order valence-corrected chi connectivity index (χ2v) is 5.34. The van der Waals surface area contributed by atoms with Crippen LogP contribution in [0.15, 0.2) is 35.6 Å². The van der Waals surface area contributed by atoms with E-state index in [0.717, 1.165) is 36.7 Å². The molecule has 2 rings (SSSR count). The smallest absolute Gasteiger partial charge is 0.191 e. The van der Waals surface area contributed by atoms with Crippen molar-refractivity contribution in [1.82, 2.24) is 20.2 Å². The van der Waals surface area contributed by atoms with Crippen LogP contribution in [0.4, 0.5) is 4.39 Å². The largest absolute Gasteiger partial charge is 0.356 e. The number of halogens is 2. The molecule has 0 fully saturated rings. The number of hydrogen-bond acceptors (Lipinski definition) is 2. The third-order valence-electron chi connectivity index (χ3n) is 3.60. The lowest BCUT2D eigenvalue weighted by atomic mass is 10.2. The summed E-state index contributed by atoms with van der Waals surface area (Å²) in [5.41, 5.74) is 1.37. The molecule has 0 aliphatic carbocycles. The first-order valence-corrected chi connectivity index (χ1v) is 7.89. The highest BCUT2D eigenvalue weighted by molar-refractivity contribution is 14.0. The highest BCUT2D eigenvalue weighted by Crippen LogP contribution is 2.16. The van der Waals surface area contributed by atoms with Crippen molar-refractivity contribution in [3.05, 3.63) is 47.8 Å². The number of aryl methyl sites for hydroxylation is 1. The standard InChI is InChI=1S/C17H24FN5.HI/c1-4-5-8-21-17(19-3)22-12-14-6-7-16(15(18)11-14)23-10-9-20-13(23)2;/h6-7,9-11H,4-5,8,12H2,1-3H3,(H2,19,21,22);1H. The van der Waals surface area contributed by atoms with E-state index in [1.807, 2.05) is 13.0 Å². The number of imidazole rings is 1. The molecule has 0 spiro atoms. The Hall–Kier alpha value is -1.64. The van der Waals surface area contributed by atoms with Gasteiger partial charge in [-0.15, -0.1) is 24.0 Å². The molecule has 1 aromatic carbocycles. The number of nitrogens with one attached hydrogen (secondary N) is 2. The maximum absolute atomic E-state index is 14.3. The second-order valence-electron chi connectivity index (χ2n) is 5.34. The van der Waals surface area contributed by atoms with Crippen LogP contribution < -0.4 is 10.6 Å². The van der Waals surface area contributed by atoms with Crippen molar-refractivity contribution in [1.29, 1.82) is 0 Å². The van der Waals surface area contributed by atoms with Gasteiger partial charge in [-0.1, -0.05) is 19.4 Å². The molecular formula is C17H25FIN5. The van der Waals surface area contributed by atoms with Gasteiger partial charge in [0.1, 0.15) is 11.6 Å². The van der Waals surface area contributed by atoms with E-state index in [-0.39, 0.29) is 29.8 Å². The maximum atomic E-state index is 14.3. The van der Waals surface area contributed by atoms with Gasteiger partial charge in [-0.3, -0.25) is 4.99 Å². The predicted octanol–water partition coefficient (Wildman–Crippen LogP) is 3.40. The van der Waals surface area contributed by atoms with E-state index >= 15 is 0 Å². The number of guanidine groups is 1. The number of aliphatic imine (C=N–C) groups is 1. The highest BCUT2D eigenvalue weighted by atomic mass is 127. The summed E-state index contributed by atoms with van der Waals surface area (Å²) in [5, 5.41) is 6.42. The van der Waals surface area contributed by atoms with Crippen LogP contribution in [0.1, 0.15) is 31.2 Å². The van der Waals surface area contributed by atoms with Crippen molar-refractivity contribution in [2.75, 3.05) is 13.6 Å². The topological polar surface area (TPSA) is 54.2 Å². The molecule has 132 valence electrons. The molecular weight excluding hydrogens is 420 g/mol. The molecule has 2 N–H and O–H groups in total. The van der Waals surface area contributed by atoms with Crippen LogP contribution in [0.3, 0.4) is 0 Å². The number of hydrogen-bond donors (Lipinski definition) is 2. The lowest BCUT2D eigenvalue weighted by molar-refractivity contribution is 0.613. The molecule has 1 aromatic heterocycles. The molecule has 24 heavy (non-hydrogen) atoms. The van der Waals surface area contributed by atoms with E-state index in [2.05, 4.69) is 27.5 Å². The summed E-state index contributed by atoms with van der Waals surface area (Å²) in [7, 11) is 1.73. The van der Waals surface area contributed by atoms with Gasteiger partial charge < -0.3 is 15.2 Å². The fraction of sp³-hybridized carbons (Fsp3) is 0.412. The molecule has 1 heterocycles. The third kappa shape index (κ3) is 5.47. The van der Waals surface area contributed by atoms with Gasteiger partial charge in [-0.2, -0.15) is 0 Å². The number of unbranched alkanes of at least 4 members (excludes halogenated alkanes) is 1. The van der Waals surface area contributed by atoms with Crippen molar-refractivity contribution >= 4 is 29.9 Å². The third-order valence-corrected chi connectivity index (χ3v) is 3.60. The minimum Gasteiger partial charge on any atom is -0.356 e. The Morgan fingerprint density at radius 1 is 1.33 bits per heavy atom. The fourth-order valence-corrected chi connectivity index (χ4v) is 2.28. The van der Waals surface area contributed by atoms with Gasteiger partial charge in [0.05, 0.1) is 5.69 Å². The zero-order valence-corrected chi connectivity index (χ0v) is 16.7. The molecule has 0 bridgehead atoms. The van der Waals surface area contributed by atoms with E-state index < -0.39 is 0 Å². The molecule has 2 aromatic rings. The van der Waals surface area contributed by atoms with Crippen LogP contribution in [0.2, 0.25) is 0 Å². The van der Waals surface area contributed by atoms with Crippen molar-refractivity contribution in [3.8, 4) is 5.69 Å². The second kappa shape index (κ2) is 10.3. The Kier molecular flexibility index (Phi) is 8.73. The van der Waals surface area contributed by atoms with E-state index in [4.69, 9.17) is 0 Å². The molecule has 5 nitrogen and oxygen atoms in total. The average molecular weight is 445 g/mol. The van der Waals surface area contributed by atoms with Gasteiger partial charge >= 0.3 is 0 Å². The molecule has 0 aliphatic rings. The maximum Gasteiger partial charge on any atom is 0.191 e. The minimum absolute atomic E-state index is 0. The Morgan fingerprint density at radius 3 is 2.71 bits per heavy atom. The zero-order chi connectivity index (χ0) is 16.7. The molecule has 0 atom stereocenters. The minimum atomic E-state index is -0.265. The SMILES string of the molecule is CCCCNC(=NC)NCc1ccc(-n2ccnc2C)c(F)c1.I. The number of benzene rings is 1. The quantitative estimate of drug-likeness (QED) is 0.310.